The molecule has 1 N–H and O–H groups in total. The van der Waals surface area contributed by atoms with Crippen LogP contribution in [0.2, 0.25) is 0 Å². The zero-order valence-corrected chi connectivity index (χ0v) is 17.6. The molecule has 9 nitrogen and oxygen atoms in total. The molecule has 2 aromatic heterocycles. The number of hydrogen-bond donors (Lipinski definition) is 1. The Morgan fingerprint density at radius 1 is 0.935 bits per heavy atom. The summed E-state index contributed by atoms with van der Waals surface area (Å²) in [5.41, 5.74) is 1.84. The lowest BCUT2D eigenvalue weighted by Crippen LogP contribution is -2.49. The first-order valence-corrected chi connectivity index (χ1v) is 11.6. The van der Waals surface area contributed by atoms with E-state index in [1.54, 1.807) is 30.6 Å². The largest absolute Gasteiger partial charge is 0.493 e. The van der Waals surface area contributed by atoms with Crippen LogP contribution in [-0.4, -0.2) is 60.7 Å². The summed E-state index contributed by atoms with van der Waals surface area (Å²) in [7, 11) is -3.53. The van der Waals surface area contributed by atoms with E-state index in [-0.39, 0.29) is 0 Å². The minimum absolute atomic E-state index is 0.330. The Bertz CT molecular complexity index is 1160. The average molecular weight is 439 g/mol. The molecule has 0 atom stereocenters. The van der Waals surface area contributed by atoms with Gasteiger partial charge in [0.1, 0.15) is 5.75 Å². The third kappa shape index (κ3) is 4.04. The van der Waals surface area contributed by atoms with E-state index >= 15 is 0 Å². The van der Waals surface area contributed by atoms with Gasteiger partial charge in [-0.05, 0) is 48.0 Å². The number of sulfonamides is 1. The molecule has 1 aromatic carbocycles. The zero-order chi connectivity index (χ0) is 21.3. The van der Waals surface area contributed by atoms with E-state index in [1.165, 1.54) is 4.31 Å². The van der Waals surface area contributed by atoms with Crippen molar-refractivity contribution in [2.75, 3.05) is 43.0 Å². The van der Waals surface area contributed by atoms with Gasteiger partial charge in [-0.15, -0.1) is 10.2 Å². The van der Waals surface area contributed by atoms with Gasteiger partial charge >= 0.3 is 0 Å². The van der Waals surface area contributed by atoms with Gasteiger partial charge in [0.25, 0.3) is 0 Å². The number of hydrogen-bond acceptors (Lipinski definition) is 8. The molecule has 1 saturated heterocycles. The summed E-state index contributed by atoms with van der Waals surface area (Å²) in [6.07, 6.45) is 4.15. The second-order valence-corrected chi connectivity index (χ2v) is 9.33. The van der Waals surface area contributed by atoms with E-state index in [1.807, 2.05) is 29.2 Å². The van der Waals surface area contributed by atoms with Crippen molar-refractivity contribution >= 4 is 27.3 Å². The molecule has 0 spiro atoms. The fourth-order valence-electron chi connectivity index (χ4n) is 3.77. The Morgan fingerprint density at radius 3 is 2.48 bits per heavy atom. The van der Waals surface area contributed by atoms with Crippen LogP contribution < -0.4 is 15.0 Å². The molecular formula is C21H22N6O3S. The number of piperazine rings is 1. The third-order valence-corrected chi connectivity index (χ3v) is 7.36. The van der Waals surface area contributed by atoms with Crippen LogP contribution in [0, 0.1) is 0 Å². The van der Waals surface area contributed by atoms with E-state index in [0.717, 1.165) is 29.2 Å². The number of ether oxygens (including phenoxy) is 1. The van der Waals surface area contributed by atoms with Gasteiger partial charge in [0.2, 0.25) is 10.0 Å². The summed E-state index contributed by atoms with van der Waals surface area (Å²) >= 11 is 0. The summed E-state index contributed by atoms with van der Waals surface area (Å²) in [6.45, 7) is 2.51. The predicted octanol–water partition coefficient (Wildman–Crippen LogP) is 2.06. The first kappa shape index (κ1) is 19.7. The van der Waals surface area contributed by atoms with Gasteiger partial charge in [0, 0.05) is 50.7 Å². The van der Waals surface area contributed by atoms with Gasteiger partial charge in [0.05, 0.1) is 11.5 Å². The molecule has 3 aromatic rings. The van der Waals surface area contributed by atoms with E-state index < -0.39 is 10.0 Å². The Morgan fingerprint density at radius 2 is 1.74 bits per heavy atom. The molecule has 2 aliphatic rings. The van der Waals surface area contributed by atoms with Crippen LogP contribution >= 0.6 is 0 Å². The molecular weight excluding hydrogens is 416 g/mol. The molecule has 0 amide bonds. The van der Waals surface area contributed by atoms with Gasteiger partial charge < -0.3 is 15.0 Å². The SMILES string of the molecule is O=S(=O)(c1ccc2c(c1)CCO2)N1CCN(c2ccc(Nc3ccncc3)nn2)CC1. The van der Waals surface area contributed by atoms with E-state index in [0.29, 0.717) is 43.5 Å². The van der Waals surface area contributed by atoms with Crippen molar-refractivity contribution in [1.29, 1.82) is 0 Å². The van der Waals surface area contributed by atoms with Crippen LogP contribution in [0.25, 0.3) is 0 Å². The molecule has 0 aliphatic carbocycles. The summed E-state index contributed by atoms with van der Waals surface area (Å²) < 4.78 is 33.2. The molecule has 5 rings (SSSR count). The second kappa shape index (κ2) is 8.12. The van der Waals surface area contributed by atoms with Crippen molar-refractivity contribution < 1.29 is 13.2 Å². The maximum Gasteiger partial charge on any atom is 0.243 e. The van der Waals surface area contributed by atoms with Crippen LogP contribution in [0.15, 0.2) is 59.8 Å². The topological polar surface area (TPSA) is 101 Å². The van der Waals surface area contributed by atoms with Gasteiger partial charge in [-0.25, -0.2) is 8.42 Å². The molecule has 31 heavy (non-hydrogen) atoms. The van der Waals surface area contributed by atoms with Crippen molar-refractivity contribution in [2.24, 2.45) is 0 Å². The molecule has 0 saturated carbocycles. The standard InChI is InChI=1S/C21H22N6O3S/c28-31(29,18-1-2-19-16(15-18)7-14-30-19)27-12-10-26(11-13-27)21-4-3-20(24-25-21)23-17-5-8-22-9-6-17/h1-6,8-9,15H,7,10-14H2,(H,22,23,24). The van der Waals surface area contributed by atoms with E-state index in [4.69, 9.17) is 4.74 Å². The maximum atomic E-state index is 13.1. The molecule has 1 fully saturated rings. The highest BCUT2D eigenvalue weighted by Crippen LogP contribution is 2.29. The molecule has 160 valence electrons. The summed E-state index contributed by atoms with van der Waals surface area (Å²) in [5.74, 6) is 2.15. The van der Waals surface area contributed by atoms with Crippen LogP contribution in [0.5, 0.6) is 5.75 Å². The first-order valence-electron chi connectivity index (χ1n) is 10.1. The maximum absolute atomic E-state index is 13.1. The monoisotopic (exact) mass is 438 g/mol. The smallest absolute Gasteiger partial charge is 0.243 e. The lowest BCUT2D eigenvalue weighted by Gasteiger charge is -2.34. The third-order valence-electron chi connectivity index (χ3n) is 5.46. The number of rotatable bonds is 5. The number of fused-ring (bicyclic) bond motifs is 1. The van der Waals surface area contributed by atoms with Gasteiger partial charge in [-0.3, -0.25) is 4.98 Å². The summed E-state index contributed by atoms with van der Waals surface area (Å²) in [4.78, 5) is 6.36. The number of nitrogens with zero attached hydrogens (tertiary/aromatic N) is 5. The number of nitrogens with one attached hydrogen (secondary N) is 1. The zero-order valence-electron chi connectivity index (χ0n) is 16.8. The number of aromatic nitrogens is 3. The lowest BCUT2D eigenvalue weighted by atomic mass is 10.2. The van der Waals surface area contributed by atoms with Crippen molar-refractivity contribution in [3.63, 3.8) is 0 Å². The normalized spacial score (nSPS) is 16.6. The fourth-order valence-corrected chi connectivity index (χ4v) is 5.25. The van der Waals surface area contributed by atoms with Crippen LogP contribution in [-0.2, 0) is 16.4 Å². The van der Waals surface area contributed by atoms with Crippen LogP contribution in [0.3, 0.4) is 0 Å². The average Bonchev–Trinajstić information content (AvgIpc) is 3.28. The van der Waals surface area contributed by atoms with Gasteiger partial charge in [-0.1, -0.05) is 0 Å². The molecule has 2 aliphatic heterocycles. The number of benzene rings is 1. The van der Waals surface area contributed by atoms with Crippen molar-refractivity contribution in [3.8, 4) is 5.75 Å². The number of anilines is 3. The highest BCUT2D eigenvalue weighted by molar-refractivity contribution is 7.89. The first-order chi connectivity index (χ1) is 15.1. The Balaban J connectivity index is 1.23. The van der Waals surface area contributed by atoms with Crippen LogP contribution in [0.4, 0.5) is 17.3 Å². The highest BCUT2D eigenvalue weighted by atomic mass is 32.2. The van der Waals surface area contributed by atoms with Crippen molar-refractivity contribution in [1.82, 2.24) is 19.5 Å². The molecule has 4 heterocycles. The van der Waals surface area contributed by atoms with E-state index in [9.17, 15) is 8.42 Å². The minimum Gasteiger partial charge on any atom is -0.493 e. The second-order valence-electron chi connectivity index (χ2n) is 7.40. The lowest BCUT2D eigenvalue weighted by molar-refractivity contribution is 0.356. The summed E-state index contributed by atoms with van der Waals surface area (Å²) in [5, 5.41) is 11.7. The fraction of sp³-hybridized carbons (Fsp3) is 0.286. The Kier molecular flexibility index (Phi) is 5.16. The van der Waals surface area contributed by atoms with Gasteiger partial charge in [-0.2, -0.15) is 4.31 Å². The Hall–Kier alpha value is -3.24. The predicted molar refractivity (Wildman–Crippen MR) is 116 cm³/mol. The quantitative estimate of drug-likeness (QED) is 0.646. The van der Waals surface area contributed by atoms with E-state index in [2.05, 4.69) is 20.5 Å². The highest BCUT2D eigenvalue weighted by Gasteiger charge is 2.30. The molecule has 10 heteroatoms. The Labute approximate surface area is 180 Å². The van der Waals surface area contributed by atoms with Crippen molar-refractivity contribution in [3.05, 3.63) is 60.4 Å². The van der Waals surface area contributed by atoms with Crippen molar-refractivity contribution in [2.45, 2.75) is 11.3 Å². The van der Waals surface area contributed by atoms with Crippen LogP contribution in [0.1, 0.15) is 5.56 Å². The molecule has 0 bridgehead atoms. The van der Waals surface area contributed by atoms with Gasteiger partial charge in [0.15, 0.2) is 11.6 Å². The molecule has 0 unspecified atom stereocenters. The molecule has 0 radical (unpaired) electrons. The number of pyridine rings is 1. The minimum atomic E-state index is -3.53. The summed E-state index contributed by atoms with van der Waals surface area (Å²) in [6, 6.07) is 12.6.